The van der Waals surface area contributed by atoms with Gasteiger partial charge < -0.3 is 9.64 Å². The minimum absolute atomic E-state index is 0.108. The van der Waals surface area contributed by atoms with E-state index in [2.05, 4.69) is 20.9 Å². The molecule has 1 aromatic heterocycles. The highest BCUT2D eigenvalue weighted by molar-refractivity contribution is 6.30. The fourth-order valence-corrected chi connectivity index (χ4v) is 2.93. The van der Waals surface area contributed by atoms with Gasteiger partial charge in [0.15, 0.2) is 5.69 Å². The predicted molar refractivity (Wildman–Crippen MR) is 91.2 cm³/mol. The number of halogens is 1. The van der Waals surface area contributed by atoms with E-state index in [0.29, 0.717) is 24.7 Å². The van der Waals surface area contributed by atoms with Gasteiger partial charge in [-0.1, -0.05) is 23.7 Å². The molecule has 0 radical (unpaired) electrons. The van der Waals surface area contributed by atoms with Crippen LogP contribution in [0.2, 0.25) is 5.02 Å². The molecule has 3 rings (SSSR count). The number of hydrogen-bond acceptors (Lipinski definition) is 5. The van der Waals surface area contributed by atoms with Crippen molar-refractivity contribution in [1.82, 2.24) is 19.8 Å². The topological polar surface area (TPSA) is 58.6 Å². The lowest BCUT2D eigenvalue weighted by Gasteiger charge is -2.34. The molecule has 0 bridgehead atoms. The first-order chi connectivity index (χ1) is 11.7. The molecule has 2 heterocycles. The summed E-state index contributed by atoms with van der Waals surface area (Å²) >= 11 is 6.03. The zero-order valence-corrected chi connectivity index (χ0v) is 14.2. The highest BCUT2D eigenvalue weighted by atomic mass is 35.5. The molecular weight excluding hydrogens is 328 g/mol. The summed E-state index contributed by atoms with van der Waals surface area (Å²) in [6, 6.07) is 7.87. The molecule has 6 nitrogen and oxygen atoms in total. The Kier molecular flexibility index (Phi) is 5.27. The Balaban J connectivity index is 1.57. The van der Waals surface area contributed by atoms with Gasteiger partial charge in [-0.2, -0.15) is 0 Å². The summed E-state index contributed by atoms with van der Waals surface area (Å²) in [5.74, 6) is 0.240. The number of piperazine rings is 1. The first-order valence-electron chi connectivity index (χ1n) is 7.78. The molecule has 2 aromatic rings. The SMILES string of the molecule is COc1cncc(C(=O)N2CCN(Cc3cccc(Cl)c3)CC2)n1. The van der Waals surface area contributed by atoms with Crippen LogP contribution in [-0.2, 0) is 6.54 Å². The van der Waals surface area contributed by atoms with E-state index in [1.807, 2.05) is 18.2 Å². The Bertz CT molecular complexity index is 717. The van der Waals surface area contributed by atoms with Crippen molar-refractivity contribution in [2.24, 2.45) is 0 Å². The number of carbonyl (C=O) groups excluding carboxylic acids is 1. The lowest BCUT2D eigenvalue weighted by molar-refractivity contribution is 0.0621. The fraction of sp³-hybridized carbons (Fsp3) is 0.353. The second-order valence-corrected chi connectivity index (χ2v) is 6.08. The van der Waals surface area contributed by atoms with Gasteiger partial charge in [-0.05, 0) is 17.7 Å². The summed E-state index contributed by atoms with van der Waals surface area (Å²) in [5.41, 5.74) is 1.50. The maximum absolute atomic E-state index is 12.5. The Hall–Kier alpha value is -2.18. The molecule has 7 heteroatoms. The van der Waals surface area contributed by atoms with Crippen LogP contribution in [0.4, 0.5) is 0 Å². The van der Waals surface area contributed by atoms with E-state index in [4.69, 9.17) is 16.3 Å². The van der Waals surface area contributed by atoms with Crippen LogP contribution in [0.3, 0.4) is 0 Å². The molecule has 1 amide bonds. The monoisotopic (exact) mass is 346 g/mol. The fourth-order valence-electron chi connectivity index (χ4n) is 2.71. The van der Waals surface area contributed by atoms with Crippen molar-refractivity contribution in [2.75, 3.05) is 33.3 Å². The van der Waals surface area contributed by atoms with Crippen molar-refractivity contribution in [3.63, 3.8) is 0 Å². The van der Waals surface area contributed by atoms with Gasteiger partial charge in [0.1, 0.15) is 0 Å². The van der Waals surface area contributed by atoms with Crippen molar-refractivity contribution in [3.8, 4) is 5.88 Å². The first kappa shape index (κ1) is 16.7. The highest BCUT2D eigenvalue weighted by Gasteiger charge is 2.23. The minimum atomic E-state index is -0.108. The standard InChI is InChI=1S/C17H19ClN4O2/c1-24-16-11-19-10-15(20-16)17(23)22-7-5-21(6-8-22)12-13-3-2-4-14(18)9-13/h2-4,9-11H,5-8,12H2,1H3. The largest absolute Gasteiger partial charge is 0.480 e. The number of methoxy groups -OCH3 is 1. The van der Waals surface area contributed by atoms with Gasteiger partial charge in [0.05, 0.1) is 19.5 Å². The van der Waals surface area contributed by atoms with E-state index >= 15 is 0 Å². The maximum atomic E-state index is 12.5. The average Bonchev–Trinajstić information content (AvgIpc) is 2.62. The Morgan fingerprint density at radius 3 is 2.75 bits per heavy atom. The van der Waals surface area contributed by atoms with E-state index in [1.165, 1.54) is 25.1 Å². The molecule has 0 unspecified atom stereocenters. The number of benzene rings is 1. The van der Waals surface area contributed by atoms with Crippen LogP contribution in [-0.4, -0.2) is 59.0 Å². The summed E-state index contributed by atoms with van der Waals surface area (Å²) in [7, 11) is 1.51. The number of ether oxygens (including phenoxy) is 1. The van der Waals surface area contributed by atoms with Crippen molar-refractivity contribution in [2.45, 2.75) is 6.54 Å². The van der Waals surface area contributed by atoms with Gasteiger partial charge in [0.2, 0.25) is 5.88 Å². The van der Waals surface area contributed by atoms with Crippen molar-refractivity contribution in [3.05, 3.63) is 52.9 Å². The molecule has 24 heavy (non-hydrogen) atoms. The van der Waals surface area contributed by atoms with Crippen LogP contribution in [0.15, 0.2) is 36.7 Å². The number of hydrogen-bond donors (Lipinski definition) is 0. The molecule has 1 aliphatic heterocycles. The quantitative estimate of drug-likeness (QED) is 0.848. The van der Waals surface area contributed by atoms with Crippen LogP contribution in [0.1, 0.15) is 16.1 Å². The molecule has 1 fully saturated rings. The van der Waals surface area contributed by atoms with E-state index in [9.17, 15) is 4.79 Å². The second kappa shape index (κ2) is 7.59. The van der Waals surface area contributed by atoms with Crippen LogP contribution < -0.4 is 4.74 Å². The van der Waals surface area contributed by atoms with Gasteiger partial charge in [0.25, 0.3) is 5.91 Å². The Morgan fingerprint density at radius 1 is 1.25 bits per heavy atom. The van der Waals surface area contributed by atoms with E-state index in [0.717, 1.165) is 24.7 Å². The average molecular weight is 347 g/mol. The smallest absolute Gasteiger partial charge is 0.274 e. The molecule has 1 aromatic carbocycles. The van der Waals surface area contributed by atoms with Crippen LogP contribution in [0, 0.1) is 0 Å². The number of amides is 1. The van der Waals surface area contributed by atoms with Crippen molar-refractivity contribution >= 4 is 17.5 Å². The van der Waals surface area contributed by atoms with Crippen LogP contribution in [0.5, 0.6) is 5.88 Å². The summed E-state index contributed by atoms with van der Waals surface area (Å²) in [6.45, 7) is 3.80. The lowest BCUT2D eigenvalue weighted by Crippen LogP contribution is -2.48. The second-order valence-electron chi connectivity index (χ2n) is 5.64. The normalized spacial score (nSPS) is 15.3. The minimum Gasteiger partial charge on any atom is -0.480 e. The molecule has 0 aliphatic carbocycles. The van der Waals surface area contributed by atoms with Crippen molar-refractivity contribution in [1.29, 1.82) is 0 Å². The van der Waals surface area contributed by atoms with Crippen LogP contribution in [0.25, 0.3) is 0 Å². The highest BCUT2D eigenvalue weighted by Crippen LogP contribution is 2.15. The van der Waals surface area contributed by atoms with Crippen molar-refractivity contribution < 1.29 is 9.53 Å². The third kappa shape index (κ3) is 4.01. The third-order valence-electron chi connectivity index (χ3n) is 4.00. The van der Waals surface area contributed by atoms with Gasteiger partial charge in [-0.25, -0.2) is 4.98 Å². The number of carbonyl (C=O) groups is 1. The van der Waals surface area contributed by atoms with E-state index < -0.39 is 0 Å². The molecule has 0 N–H and O–H groups in total. The molecule has 1 saturated heterocycles. The number of nitrogens with zero attached hydrogens (tertiary/aromatic N) is 4. The van der Waals surface area contributed by atoms with E-state index in [1.54, 1.807) is 4.90 Å². The summed E-state index contributed by atoms with van der Waals surface area (Å²) in [4.78, 5) is 24.8. The maximum Gasteiger partial charge on any atom is 0.274 e. The summed E-state index contributed by atoms with van der Waals surface area (Å²) < 4.78 is 5.02. The lowest BCUT2D eigenvalue weighted by atomic mass is 10.2. The zero-order valence-electron chi connectivity index (χ0n) is 13.5. The summed E-state index contributed by atoms with van der Waals surface area (Å²) in [5, 5.41) is 0.748. The molecular formula is C17H19ClN4O2. The molecule has 0 saturated carbocycles. The van der Waals surface area contributed by atoms with Gasteiger partial charge in [-0.3, -0.25) is 14.7 Å². The summed E-state index contributed by atoms with van der Waals surface area (Å²) in [6.07, 6.45) is 2.96. The van der Waals surface area contributed by atoms with E-state index in [-0.39, 0.29) is 5.91 Å². The predicted octanol–water partition coefficient (Wildman–Crippen LogP) is 2.10. The Labute approximate surface area is 146 Å². The Morgan fingerprint density at radius 2 is 2.04 bits per heavy atom. The number of aromatic nitrogens is 2. The molecule has 0 atom stereocenters. The zero-order chi connectivity index (χ0) is 16.9. The van der Waals surface area contributed by atoms with Gasteiger partial charge >= 0.3 is 0 Å². The first-order valence-corrected chi connectivity index (χ1v) is 8.15. The third-order valence-corrected chi connectivity index (χ3v) is 4.23. The van der Waals surface area contributed by atoms with Gasteiger partial charge in [-0.15, -0.1) is 0 Å². The van der Waals surface area contributed by atoms with Gasteiger partial charge in [0, 0.05) is 37.7 Å². The molecule has 126 valence electrons. The van der Waals surface area contributed by atoms with Crippen LogP contribution >= 0.6 is 11.6 Å². The molecule has 0 spiro atoms. The molecule has 1 aliphatic rings. The number of rotatable bonds is 4.